The normalized spacial score (nSPS) is 11.8. The molecular formula is C28H30F4N4O4S. The van der Waals surface area contributed by atoms with Gasteiger partial charge < -0.3 is 9.08 Å². The van der Waals surface area contributed by atoms with Gasteiger partial charge in [0.2, 0.25) is 0 Å². The molecule has 220 valence electrons. The van der Waals surface area contributed by atoms with E-state index < -0.39 is 40.7 Å². The van der Waals surface area contributed by atoms with E-state index in [2.05, 4.69) is 5.10 Å². The van der Waals surface area contributed by atoms with Crippen molar-refractivity contribution >= 4 is 16.0 Å². The molecule has 8 nitrogen and oxygen atoms in total. The molecule has 0 bridgehead atoms. The molecule has 1 aromatic heterocycles. The molecule has 2 aromatic carbocycles. The molecule has 0 aliphatic rings. The summed E-state index contributed by atoms with van der Waals surface area (Å²) < 4.78 is 82.2. The Bertz CT molecular complexity index is 1530. The summed E-state index contributed by atoms with van der Waals surface area (Å²) in [5, 5.41) is 13.9. The molecule has 3 aromatic rings. The van der Waals surface area contributed by atoms with Crippen molar-refractivity contribution in [1.29, 1.82) is 5.26 Å². The van der Waals surface area contributed by atoms with E-state index >= 15 is 0 Å². The van der Waals surface area contributed by atoms with Crippen LogP contribution < -0.4 is 4.18 Å². The van der Waals surface area contributed by atoms with Crippen LogP contribution in [0.2, 0.25) is 0 Å². The highest BCUT2D eigenvalue weighted by molar-refractivity contribution is 7.87. The summed E-state index contributed by atoms with van der Waals surface area (Å²) in [4.78, 5) is 15.1. The quantitative estimate of drug-likeness (QED) is 0.183. The van der Waals surface area contributed by atoms with Gasteiger partial charge in [-0.1, -0.05) is 13.3 Å². The predicted octanol–water partition coefficient (Wildman–Crippen LogP) is 6.17. The molecule has 0 atom stereocenters. The minimum atomic E-state index is -4.47. The molecule has 0 unspecified atom stereocenters. The van der Waals surface area contributed by atoms with E-state index in [9.17, 15) is 36.0 Å². The Morgan fingerprint density at radius 1 is 1.12 bits per heavy atom. The highest BCUT2D eigenvalue weighted by atomic mass is 32.2. The third-order valence-corrected chi connectivity index (χ3v) is 7.47. The first-order valence-corrected chi connectivity index (χ1v) is 14.6. The van der Waals surface area contributed by atoms with Crippen molar-refractivity contribution in [2.24, 2.45) is 0 Å². The van der Waals surface area contributed by atoms with Crippen LogP contribution in [0.15, 0.2) is 42.5 Å². The summed E-state index contributed by atoms with van der Waals surface area (Å²) in [6.07, 6.45) is -4.68. The minimum absolute atomic E-state index is 0.0459. The first-order chi connectivity index (χ1) is 19.3. The zero-order chi connectivity index (χ0) is 30.4. The maximum Gasteiger partial charge on any atom is 0.389 e. The molecule has 0 spiro atoms. The van der Waals surface area contributed by atoms with E-state index in [0.29, 0.717) is 29.9 Å². The Morgan fingerprint density at radius 2 is 1.80 bits per heavy atom. The Kier molecular flexibility index (Phi) is 10.1. The van der Waals surface area contributed by atoms with E-state index in [0.717, 1.165) is 18.9 Å². The Hall–Kier alpha value is -3.92. The molecule has 0 fully saturated rings. The molecule has 1 amide bonds. The summed E-state index contributed by atoms with van der Waals surface area (Å²) in [7, 11) is -4.27. The number of hydrogen-bond acceptors (Lipinski definition) is 6. The minimum Gasteiger partial charge on any atom is -0.382 e. The van der Waals surface area contributed by atoms with Gasteiger partial charge in [0.15, 0.2) is 5.69 Å². The topological polar surface area (TPSA) is 105 Å². The average Bonchev–Trinajstić information content (AvgIpc) is 3.24. The average molecular weight is 595 g/mol. The van der Waals surface area contributed by atoms with Gasteiger partial charge in [-0.15, -0.1) is 0 Å². The smallest absolute Gasteiger partial charge is 0.382 e. The van der Waals surface area contributed by atoms with Crippen LogP contribution in [-0.4, -0.2) is 54.0 Å². The molecule has 0 N–H and O–H groups in total. The molecule has 0 radical (unpaired) electrons. The van der Waals surface area contributed by atoms with Gasteiger partial charge in [-0.25, -0.2) is 9.07 Å². The zero-order valence-corrected chi connectivity index (χ0v) is 23.6. The lowest BCUT2D eigenvalue weighted by Gasteiger charge is -2.19. The second-order valence-corrected chi connectivity index (χ2v) is 11.1. The second-order valence-electron chi connectivity index (χ2n) is 9.37. The van der Waals surface area contributed by atoms with Gasteiger partial charge in [-0.3, -0.25) is 4.79 Å². The van der Waals surface area contributed by atoms with Gasteiger partial charge in [-0.2, -0.15) is 31.9 Å². The number of carbonyl (C=O) groups excluding carboxylic acids is 1. The molecule has 0 aliphatic heterocycles. The summed E-state index contributed by atoms with van der Waals surface area (Å²) >= 11 is 0. The van der Waals surface area contributed by atoms with E-state index in [4.69, 9.17) is 4.18 Å². The number of unbranched alkanes of at least 4 members (excludes halogenated alkanes) is 1. The number of alkyl halides is 3. The molecule has 3 rings (SSSR count). The van der Waals surface area contributed by atoms with E-state index in [1.807, 2.05) is 19.9 Å². The monoisotopic (exact) mass is 594 g/mol. The molecule has 1 heterocycles. The van der Waals surface area contributed by atoms with Crippen molar-refractivity contribution in [3.63, 3.8) is 0 Å². The van der Waals surface area contributed by atoms with Crippen molar-refractivity contribution in [2.75, 3.05) is 18.8 Å². The third-order valence-electron chi connectivity index (χ3n) is 6.24. The highest BCUT2D eigenvalue weighted by Crippen LogP contribution is 2.32. The van der Waals surface area contributed by atoms with Crippen molar-refractivity contribution < 1.29 is 35.0 Å². The lowest BCUT2D eigenvalue weighted by atomic mass is 10.1. The molecule has 13 heteroatoms. The predicted molar refractivity (Wildman–Crippen MR) is 145 cm³/mol. The number of nitriles is 1. The first-order valence-electron chi connectivity index (χ1n) is 13.0. The van der Waals surface area contributed by atoms with Crippen LogP contribution in [0.5, 0.6) is 5.75 Å². The number of carbonyl (C=O) groups is 1. The van der Waals surface area contributed by atoms with Crippen LogP contribution in [0.3, 0.4) is 0 Å². The van der Waals surface area contributed by atoms with Gasteiger partial charge in [-0.05, 0) is 69.2 Å². The van der Waals surface area contributed by atoms with Crippen LogP contribution >= 0.6 is 0 Å². The maximum absolute atomic E-state index is 14.4. The van der Waals surface area contributed by atoms with Gasteiger partial charge in [0.1, 0.15) is 11.6 Å². The number of rotatable bonds is 12. The summed E-state index contributed by atoms with van der Waals surface area (Å²) in [5.74, 6) is -1.92. The maximum atomic E-state index is 14.4. The molecule has 0 aliphatic carbocycles. The fourth-order valence-electron chi connectivity index (χ4n) is 4.19. The fourth-order valence-corrected chi connectivity index (χ4v) is 5.18. The van der Waals surface area contributed by atoms with Crippen molar-refractivity contribution in [1.82, 2.24) is 14.7 Å². The van der Waals surface area contributed by atoms with Crippen LogP contribution in [0.4, 0.5) is 17.6 Å². The van der Waals surface area contributed by atoms with Crippen LogP contribution in [0.25, 0.3) is 16.9 Å². The summed E-state index contributed by atoms with van der Waals surface area (Å²) in [6.45, 7) is 6.51. The number of benzene rings is 2. The van der Waals surface area contributed by atoms with Gasteiger partial charge in [0, 0.05) is 30.6 Å². The lowest BCUT2D eigenvalue weighted by molar-refractivity contribution is -0.134. The molecule has 41 heavy (non-hydrogen) atoms. The zero-order valence-electron chi connectivity index (χ0n) is 22.8. The Labute approximate surface area is 236 Å². The summed E-state index contributed by atoms with van der Waals surface area (Å²) in [6, 6.07) is 11.2. The number of amides is 1. The number of hydrogen-bond donors (Lipinski definition) is 0. The van der Waals surface area contributed by atoms with E-state index in [1.165, 1.54) is 41.1 Å². The third kappa shape index (κ3) is 8.29. The van der Waals surface area contributed by atoms with Gasteiger partial charge in [0.05, 0.1) is 28.8 Å². The number of aromatic nitrogens is 2. The summed E-state index contributed by atoms with van der Waals surface area (Å²) in [5.41, 5.74) is 1.71. The molecule has 0 saturated heterocycles. The van der Waals surface area contributed by atoms with Gasteiger partial charge >= 0.3 is 16.3 Å². The molecule has 0 saturated carbocycles. The first kappa shape index (κ1) is 31.6. The molecular weight excluding hydrogens is 564 g/mol. The second kappa shape index (κ2) is 13.2. The van der Waals surface area contributed by atoms with Crippen LogP contribution in [0, 0.1) is 24.1 Å². The standard InChI is InChI=1S/C28H30F4N4O4S/c1-4-6-13-35(5-2)27(37)25-19(3)26(36(34-25)23-16-20(18-33)15-22(29)17-23)21-8-10-24(11-9-21)40-41(38,39)14-7-12-28(30,31)32/h8-11,15-17H,4-7,12-14H2,1-3H3. The Balaban J connectivity index is 2.02. The number of halogens is 4. The number of nitrogens with zero attached hydrogens (tertiary/aromatic N) is 4. The largest absolute Gasteiger partial charge is 0.389 e. The van der Waals surface area contributed by atoms with Crippen molar-refractivity contribution in [3.05, 3.63) is 65.1 Å². The van der Waals surface area contributed by atoms with Crippen molar-refractivity contribution in [2.45, 2.75) is 52.6 Å². The highest BCUT2D eigenvalue weighted by Gasteiger charge is 2.28. The van der Waals surface area contributed by atoms with E-state index in [-0.39, 0.29) is 28.6 Å². The SMILES string of the molecule is CCCCN(CC)C(=O)c1nn(-c2cc(F)cc(C#N)c2)c(-c2ccc(OS(=O)(=O)CCCC(F)(F)F)cc2)c1C. The van der Waals surface area contributed by atoms with Crippen LogP contribution in [0.1, 0.15) is 61.1 Å². The van der Waals surface area contributed by atoms with E-state index in [1.54, 1.807) is 11.8 Å². The Morgan fingerprint density at radius 3 is 2.39 bits per heavy atom. The van der Waals surface area contributed by atoms with Gasteiger partial charge in [0.25, 0.3) is 5.91 Å². The lowest BCUT2D eigenvalue weighted by Crippen LogP contribution is -2.32. The fraction of sp³-hybridized carbons (Fsp3) is 0.393. The van der Waals surface area contributed by atoms with Crippen LogP contribution in [-0.2, 0) is 10.1 Å². The van der Waals surface area contributed by atoms with Crippen molar-refractivity contribution in [3.8, 4) is 28.8 Å².